The Hall–Kier alpha value is -1.59. The summed E-state index contributed by atoms with van der Waals surface area (Å²) in [4.78, 5) is 13.2. The molecule has 0 aliphatic carbocycles. The zero-order valence-corrected chi connectivity index (χ0v) is 6.80. The van der Waals surface area contributed by atoms with Crippen molar-refractivity contribution < 1.29 is 13.5 Å². The number of H-pyrrole nitrogens is 1. The summed E-state index contributed by atoms with van der Waals surface area (Å²) in [7, 11) is 1.24. The van der Waals surface area contributed by atoms with Gasteiger partial charge in [0.15, 0.2) is 0 Å². The van der Waals surface area contributed by atoms with Crippen LogP contribution < -0.4 is 15.9 Å². The molecule has 4 nitrogen and oxygen atoms in total. The molecule has 1 aromatic heterocycles. The molecule has 3 N–H and O–H groups in total. The van der Waals surface area contributed by atoms with Crippen LogP contribution in [0.2, 0.25) is 0 Å². The summed E-state index contributed by atoms with van der Waals surface area (Å²) in [6, 6.07) is 0.764. The maximum Gasteiger partial charge on any atom is 0.278 e. The van der Waals surface area contributed by atoms with Crippen molar-refractivity contribution in [1.29, 1.82) is 0 Å². The largest absolute Gasteiger partial charge is 0.490 e. The van der Waals surface area contributed by atoms with E-state index in [4.69, 9.17) is 5.73 Å². The minimum atomic E-state index is -2.75. The number of pyridine rings is 1. The minimum Gasteiger partial charge on any atom is -0.490 e. The summed E-state index contributed by atoms with van der Waals surface area (Å²) in [6.45, 7) is 0. The van der Waals surface area contributed by atoms with E-state index >= 15 is 0 Å². The number of nitrogens with two attached hydrogens (primary N) is 1. The number of nitrogens with one attached hydrogen (secondary N) is 1. The van der Waals surface area contributed by atoms with Gasteiger partial charge in [-0.25, -0.2) is 8.78 Å². The van der Waals surface area contributed by atoms with Crippen LogP contribution in [0.25, 0.3) is 0 Å². The highest BCUT2D eigenvalue weighted by atomic mass is 19.3. The number of hydrogen-bond donors (Lipinski definition) is 2. The Kier molecular flexibility index (Phi) is 2.50. The van der Waals surface area contributed by atoms with Gasteiger partial charge in [0.25, 0.3) is 6.43 Å². The minimum absolute atomic E-state index is 0.149. The van der Waals surface area contributed by atoms with Gasteiger partial charge < -0.3 is 15.5 Å². The van der Waals surface area contributed by atoms with Crippen LogP contribution in [0.15, 0.2) is 10.9 Å². The molecule has 0 aromatic carbocycles. The van der Waals surface area contributed by atoms with Crippen molar-refractivity contribution in [2.24, 2.45) is 0 Å². The smallest absolute Gasteiger partial charge is 0.278 e. The van der Waals surface area contributed by atoms with Gasteiger partial charge in [-0.3, -0.25) is 4.79 Å². The lowest BCUT2D eigenvalue weighted by molar-refractivity contribution is 0.146. The van der Waals surface area contributed by atoms with Crippen molar-refractivity contribution in [2.75, 3.05) is 12.8 Å². The summed E-state index contributed by atoms with van der Waals surface area (Å²) in [5, 5.41) is 0. The molecular weight excluding hydrogens is 182 g/mol. The number of anilines is 1. The highest BCUT2D eigenvalue weighted by Gasteiger charge is 2.13. The third-order valence-corrected chi connectivity index (χ3v) is 1.47. The fourth-order valence-corrected chi connectivity index (χ4v) is 0.916. The molecular formula is C7H8F2N2O2. The van der Waals surface area contributed by atoms with Crippen molar-refractivity contribution in [3.05, 3.63) is 22.0 Å². The second-order valence-electron chi connectivity index (χ2n) is 2.34. The summed E-state index contributed by atoms with van der Waals surface area (Å²) in [5.74, 6) is -0.338. The van der Waals surface area contributed by atoms with E-state index in [0.29, 0.717) is 0 Å². The SMILES string of the molecule is COc1c(N)[nH]c(C(F)F)cc1=O. The quantitative estimate of drug-likeness (QED) is 0.728. The summed E-state index contributed by atoms with van der Waals surface area (Å²) >= 11 is 0. The lowest BCUT2D eigenvalue weighted by Gasteiger charge is -2.05. The van der Waals surface area contributed by atoms with Crippen molar-refractivity contribution in [1.82, 2.24) is 4.98 Å². The monoisotopic (exact) mass is 190 g/mol. The molecule has 0 aliphatic rings. The number of ether oxygens (including phenoxy) is 1. The Morgan fingerprint density at radius 2 is 2.23 bits per heavy atom. The Morgan fingerprint density at radius 1 is 1.62 bits per heavy atom. The van der Waals surface area contributed by atoms with Gasteiger partial charge in [0, 0.05) is 6.07 Å². The van der Waals surface area contributed by atoms with E-state index in [-0.39, 0.29) is 11.6 Å². The molecule has 0 saturated heterocycles. The number of nitrogen functional groups attached to an aromatic ring is 1. The topological polar surface area (TPSA) is 68.1 Å². The third-order valence-electron chi connectivity index (χ3n) is 1.47. The standard InChI is InChI=1S/C7H8F2N2O2/c1-13-5-4(12)2-3(6(8)9)11-7(5)10/h2,6H,1H3,(H3,10,11,12). The highest BCUT2D eigenvalue weighted by molar-refractivity contribution is 5.46. The Bertz CT molecular complexity index is 362. The van der Waals surface area contributed by atoms with Crippen LogP contribution in [-0.4, -0.2) is 12.1 Å². The van der Waals surface area contributed by atoms with Gasteiger partial charge in [-0.15, -0.1) is 0 Å². The van der Waals surface area contributed by atoms with Gasteiger partial charge in [-0.05, 0) is 0 Å². The van der Waals surface area contributed by atoms with Gasteiger partial charge in [-0.2, -0.15) is 0 Å². The summed E-state index contributed by atoms with van der Waals surface area (Å²) in [6.07, 6.45) is -2.75. The van der Waals surface area contributed by atoms with E-state index in [1.165, 1.54) is 7.11 Å². The van der Waals surface area contributed by atoms with E-state index < -0.39 is 17.5 Å². The summed E-state index contributed by atoms with van der Waals surface area (Å²) in [5.41, 5.74) is 4.09. The second-order valence-corrected chi connectivity index (χ2v) is 2.34. The Labute approximate surface area is 72.3 Å². The van der Waals surface area contributed by atoms with Crippen LogP contribution >= 0.6 is 0 Å². The molecule has 0 amide bonds. The van der Waals surface area contributed by atoms with E-state index in [2.05, 4.69) is 9.72 Å². The van der Waals surface area contributed by atoms with Crippen LogP contribution in [0, 0.1) is 0 Å². The molecule has 0 atom stereocenters. The Morgan fingerprint density at radius 3 is 2.62 bits per heavy atom. The molecule has 1 rings (SSSR count). The molecule has 0 bridgehead atoms. The molecule has 1 heterocycles. The van der Waals surface area contributed by atoms with Gasteiger partial charge in [0.1, 0.15) is 5.82 Å². The van der Waals surface area contributed by atoms with Gasteiger partial charge in [0.2, 0.25) is 11.2 Å². The van der Waals surface area contributed by atoms with Crippen molar-refractivity contribution in [3.8, 4) is 5.75 Å². The van der Waals surface area contributed by atoms with Crippen LogP contribution in [0.3, 0.4) is 0 Å². The van der Waals surface area contributed by atoms with Crippen molar-refractivity contribution in [3.63, 3.8) is 0 Å². The van der Waals surface area contributed by atoms with E-state index in [9.17, 15) is 13.6 Å². The number of aromatic nitrogens is 1. The fourth-order valence-electron chi connectivity index (χ4n) is 0.916. The first-order chi connectivity index (χ1) is 6.06. The zero-order valence-electron chi connectivity index (χ0n) is 6.80. The molecule has 1 aromatic rings. The maximum atomic E-state index is 12.1. The van der Waals surface area contributed by atoms with E-state index in [0.717, 1.165) is 6.07 Å². The van der Waals surface area contributed by atoms with E-state index in [1.807, 2.05) is 0 Å². The molecule has 0 spiro atoms. The third kappa shape index (κ3) is 1.77. The number of aromatic amines is 1. The molecule has 0 unspecified atom stereocenters. The summed E-state index contributed by atoms with van der Waals surface area (Å²) < 4.78 is 28.8. The number of methoxy groups -OCH3 is 1. The van der Waals surface area contributed by atoms with Gasteiger partial charge in [0.05, 0.1) is 12.8 Å². The average molecular weight is 190 g/mol. The lowest BCUT2D eigenvalue weighted by atomic mass is 10.3. The normalized spacial score (nSPS) is 10.5. The van der Waals surface area contributed by atoms with Crippen LogP contribution in [0.5, 0.6) is 5.75 Å². The molecule has 6 heteroatoms. The molecule has 0 radical (unpaired) electrons. The van der Waals surface area contributed by atoms with Crippen molar-refractivity contribution >= 4 is 5.82 Å². The molecule has 13 heavy (non-hydrogen) atoms. The average Bonchev–Trinajstić information content (AvgIpc) is 2.03. The number of halogens is 2. The number of hydrogen-bond acceptors (Lipinski definition) is 3. The molecule has 0 saturated carbocycles. The molecule has 0 fully saturated rings. The van der Waals surface area contributed by atoms with Gasteiger partial charge >= 0.3 is 0 Å². The predicted molar refractivity (Wildman–Crippen MR) is 43.0 cm³/mol. The fraction of sp³-hybridized carbons (Fsp3) is 0.286. The van der Waals surface area contributed by atoms with Crippen LogP contribution in [0.1, 0.15) is 12.1 Å². The molecule has 0 aliphatic heterocycles. The van der Waals surface area contributed by atoms with Crippen LogP contribution in [-0.2, 0) is 0 Å². The number of alkyl halides is 2. The van der Waals surface area contributed by atoms with E-state index in [1.54, 1.807) is 0 Å². The highest BCUT2D eigenvalue weighted by Crippen LogP contribution is 2.19. The first-order valence-corrected chi connectivity index (χ1v) is 3.41. The maximum absolute atomic E-state index is 12.1. The Balaban J connectivity index is 3.29. The van der Waals surface area contributed by atoms with Crippen molar-refractivity contribution in [2.45, 2.75) is 6.43 Å². The zero-order chi connectivity index (χ0) is 10.0. The van der Waals surface area contributed by atoms with Gasteiger partial charge in [-0.1, -0.05) is 0 Å². The predicted octanol–water partition coefficient (Wildman–Crippen LogP) is 0.903. The van der Waals surface area contributed by atoms with Crippen LogP contribution in [0.4, 0.5) is 14.6 Å². The number of rotatable bonds is 2. The second kappa shape index (κ2) is 3.42. The first kappa shape index (κ1) is 9.50. The lowest BCUT2D eigenvalue weighted by Crippen LogP contribution is -2.11. The molecule has 72 valence electrons. The first-order valence-electron chi connectivity index (χ1n) is 3.41.